The van der Waals surface area contributed by atoms with Gasteiger partial charge >= 0.3 is 0 Å². The van der Waals surface area contributed by atoms with Crippen LogP contribution in [0.15, 0.2) is 55.0 Å². The molecule has 0 bridgehead atoms. The second-order valence-electron chi connectivity index (χ2n) is 5.78. The van der Waals surface area contributed by atoms with Gasteiger partial charge in [0.2, 0.25) is 0 Å². The molecule has 0 aliphatic heterocycles. The van der Waals surface area contributed by atoms with E-state index < -0.39 is 0 Å². The molecule has 1 aromatic carbocycles. The van der Waals surface area contributed by atoms with E-state index in [9.17, 15) is 4.79 Å². The summed E-state index contributed by atoms with van der Waals surface area (Å²) >= 11 is 0. The fourth-order valence-electron chi connectivity index (χ4n) is 2.48. The topological polar surface area (TPSA) is 50.2 Å². The Morgan fingerprint density at radius 1 is 1.26 bits per heavy atom. The van der Waals surface area contributed by atoms with Crippen LogP contribution in [0.4, 0.5) is 5.69 Å². The molecule has 5 nitrogen and oxygen atoms in total. The van der Waals surface area contributed by atoms with E-state index in [0.29, 0.717) is 5.56 Å². The summed E-state index contributed by atoms with van der Waals surface area (Å²) in [6, 6.07) is 11.6. The fourth-order valence-corrected chi connectivity index (χ4v) is 2.48. The largest absolute Gasteiger partial charge is 0.346 e. The molecule has 1 amide bonds. The number of fused-ring (bicyclic) bond motifs is 1. The van der Waals surface area contributed by atoms with E-state index in [1.54, 1.807) is 24.5 Å². The second kappa shape index (κ2) is 6.62. The summed E-state index contributed by atoms with van der Waals surface area (Å²) in [6.45, 7) is 1.93. The Bertz CT molecular complexity index is 808. The third-order valence-electron chi connectivity index (χ3n) is 3.74. The normalized spacial score (nSPS) is 11.1. The van der Waals surface area contributed by atoms with Crippen molar-refractivity contribution in [2.24, 2.45) is 0 Å². The zero-order valence-corrected chi connectivity index (χ0v) is 13.4. The van der Waals surface area contributed by atoms with E-state index in [1.165, 1.54) is 5.52 Å². The summed E-state index contributed by atoms with van der Waals surface area (Å²) < 4.78 is 2.22. The molecule has 0 saturated carbocycles. The molecule has 0 fully saturated rings. The maximum absolute atomic E-state index is 12.2. The fraction of sp³-hybridized carbons (Fsp3) is 0.222. The molecule has 5 heteroatoms. The quantitative estimate of drug-likeness (QED) is 0.788. The molecular weight excluding hydrogens is 288 g/mol. The Morgan fingerprint density at radius 3 is 2.87 bits per heavy atom. The van der Waals surface area contributed by atoms with Crippen molar-refractivity contribution in [1.29, 1.82) is 0 Å². The van der Waals surface area contributed by atoms with Crippen LogP contribution in [0.25, 0.3) is 10.9 Å². The lowest BCUT2D eigenvalue weighted by Gasteiger charge is -2.11. The van der Waals surface area contributed by atoms with Crippen LogP contribution in [0.3, 0.4) is 0 Å². The standard InChI is InChI=1S/C18H20N4O/c1-21(2)10-11-22-9-7-14-12-16(5-6-17(14)22)20-18(23)15-4-3-8-19-13-15/h3-9,12-13H,10-11H2,1-2H3,(H,20,23). The summed E-state index contributed by atoms with van der Waals surface area (Å²) in [5, 5.41) is 4.03. The summed E-state index contributed by atoms with van der Waals surface area (Å²) in [4.78, 5) is 18.3. The number of nitrogens with one attached hydrogen (secondary N) is 1. The summed E-state index contributed by atoms with van der Waals surface area (Å²) in [6.07, 6.45) is 5.30. The number of rotatable bonds is 5. The number of carbonyl (C=O) groups is 1. The first-order valence-electron chi connectivity index (χ1n) is 7.58. The first kappa shape index (κ1) is 15.2. The van der Waals surface area contributed by atoms with Crippen molar-refractivity contribution in [2.45, 2.75) is 6.54 Å². The van der Waals surface area contributed by atoms with E-state index >= 15 is 0 Å². The zero-order chi connectivity index (χ0) is 16.2. The van der Waals surface area contributed by atoms with Crippen LogP contribution in [0, 0.1) is 0 Å². The molecule has 23 heavy (non-hydrogen) atoms. The van der Waals surface area contributed by atoms with Gasteiger partial charge in [0.1, 0.15) is 0 Å². The van der Waals surface area contributed by atoms with Crippen LogP contribution in [-0.4, -0.2) is 41.0 Å². The molecule has 3 aromatic rings. The summed E-state index contributed by atoms with van der Waals surface area (Å²) in [5.41, 5.74) is 2.51. The summed E-state index contributed by atoms with van der Waals surface area (Å²) in [7, 11) is 4.13. The molecule has 1 N–H and O–H groups in total. The maximum atomic E-state index is 12.2. The van der Waals surface area contributed by atoms with Crippen molar-refractivity contribution >= 4 is 22.5 Å². The molecule has 0 unspecified atom stereocenters. The number of hydrogen-bond acceptors (Lipinski definition) is 3. The van der Waals surface area contributed by atoms with Gasteiger partial charge < -0.3 is 14.8 Å². The number of hydrogen-bond donors (Lipinski definition) is 1. The van der Waals surface area contributed by atoms with E-state index in [0.717, 1.165) is 24.2 Å². The van der Waals surface area contributed by atoms with Gasteiger partial charge in [0.25, 0.3) is 5.91 Å². The Balaban J connectivity index is 1.77. The number of aromatic nitrogens is 2. The number of benzene rings is 1. The highest BCUT2D eigenvalue weighted by molar-refractivity contribution is 6.04. The third-order valence-corrected chi connectivity index (χ3v) is 3.74. The number of amides is 1. The van der Waals surface area contributed by atoms with Gasteiger partial charge in [-0.15, -0.1) is 0 Å². The van der Waals surface area contributed by atoms with Crippen LogP contribution in [0.5, 0.6) is 0 Å². The third kappa shape index (κ3) is 3.57. The molecule has 0 aliphatic rings. The van der Waals surface area contributed by atoms with Crippen molar-refractivity contribution in [1.82, 2.24) is 14.5 Å². The van der Waals surface area contributed by atoms with Crippen molar-refractivity contribution < 1.29 is 4.79 Å². The molecule has 118 valence electrons. The highest BCUT2D eigenvalue weighted by atomic mass is 16.1. The van der Waals surface area contributed by atoms with E-state index in [4.69, 9.17) is 0 Å². The molecule has 2 aromatic heterocycles. The van der Waals surface area contributed by atoms with E-state index in [1.807, 2.05) is 18.2 Å². The minimum atomic E-state index is -0.149. The molecule has 0 spiro atoms. The molecule has 3 rings (SSSR count). The highest BCUT2D eigenvalue weighted by Gasteiger charge is 2.07. The molecule has 0 radical (unpaired) electrons. The number of pyridine rings is 1. The summed E-state index contributed by atoms with van der Waals surface area (Å²) in [5.74, 6) is -0.149. The number of carbonyl (C=O) groups excluding carboxylic acids is 1. The average molecular weight is 308 g/mol. The van der Waals surface area contributed by atoms with Gasteiger partial charge in [-0.1, -0.05) is 0 Å². The monoisotopic (exact) mass is 308 g/mol. The van der Waals surface area contributed by atoms with Gasteiger partial charge in [-0.05, 0) is 50.5 Å². The Morgan fingerprint density at radius 2 is 2.13 bits per heavy atom. The SMILES string of the molecule is CN(C)CCn1ccc2cc(NC(=O)c3cccnc3)ccc21. The van der Waals surface area contributed by atoms with Gasteiger partial charge in [-0.2, -0.15) is 0 Å². The Kier molecular flexibility index (Phi) is 4.39. The lowest BCUT2D eigenvalue weighted by Crippen LogP contribution is -2.17. The minimum Gasteiger partial charge on any atom is -0.346 e. The first-order valence-corrected chi connectivity index (χ1v) is 7.58. The van der Waals surface area contributed by atoms with Gasteiger partial charge in [-0.25, -0.2) is 0 Å². The minimum absolute atomic E-state index is 0.149. The van der Waals surface area contributed by atoms with Crippen molar-refractivity contribution in [3.63, 3.8) is 0 Å². The maximum Gasteiger partial charge on any atom is 0.257 e. The van der Waals surface area contributed by atoms with Gasteiger partial charge in [0.05, 0.1) is 5.56 Å². The van der Waals surface area contributed by atoms with Crippen LogP contribution in [-0.2, 0) is 6.54 Å². The Labute approximate surface area is 135 Å². The number of anilines is 1. The zero-order valence-electron chi connectivity index (χ0n) is 13.4. The Hall–Kier alpha value is -2.66. The van der Waals surface area contributed by atoms with Gasteiger partial charge in [0.15, 0.2) is 0 Å². The molecular formula is C18H20N4O. The van der Waals surface area contributed by atoms with Crippen LogP contribution >= 0.6 is 0 Å². The lowest BCUT2D eigenvalue weighted by molar-refractivity contribution is 0.102. The van der Waals surface area contributed by atoms with E-state index in [-0.39, 0.29) is 5.91 Å². The van der Waals surface area contributed by atoms with Gasteiger partial charge in [-0.3, -0.25) is 9.78 Å². The number of likely N-dealkylation sites (N-methyl/N-ethyl adjacent to an activating group) is 1. The molecule has 2 heterocycles. The lowest BCUT2D eigenvalue weighted by atomic mass is 10.2. The van der Waals surface area contributed by atoms with Gasteiger partial charge in [0, 0.05) is 48.3 Å². The predicted molar refractivity (Wildman–Crippen MR) is 92.7 cm³/mol. The average Bonchev–Trinajstić information content (AvgIpc) is 2.96. The van der Waals surface area contributed by atoms with E-state index in [2.05, 4.69) is 46.1 Å². The van der Waals surface area contributed by atoms with Crippen molar-refractivity contribution in [2.75, 3.05) is 26.0 Å². The van der Waals surface area contributed by atoms with Crippen LogP contribution < -0.4 is 5.32 Å². The second-order valence-corrected chi connectivity index (χ2v) is 5.78. The van der Waals surface area contributed by atoms with Crippen molar-refractivity contribution in [3.8, 4) is 0 Å². The molecule has 0 atom stereocenters. The molecule has 0 aliphatic carbocycles. The first-order chi connectivity index (χ1) is 11.1. The van der Waals surface area contributed by atoms with Crippen LogP contribution in [0.2, 0.25) is 0 Å². The number of nitrogens with zero attached hydrogens (tertiary/aromatic N) is 3. The predicted octanol–water partition coefficient (Wildman–Crippen LogP) is 2.85. The van der Waals surface area contributed by atoms with Crippen LogP contribution in [0.1, 0.15) is 10.4 Å². The van der Waals surface area contributed by atoms with Crippen molar-refractivity contribution in [3.05, 3.63) is 60.6 Å². The molecule has 0 saturated heterocycles. The smallest absolute Gasteiger partial charge is 0.257 e. The highest BCUT2D eigenvalue weighted by Crippen LogP contribution is 2.21.